The summed E-state index contributed by atoms with van der Waals surface area (Å²) in [6.45, 7) is 2.00. The number of carbonyl (C=O) groups excluding carboxylic acids is 1. The molecule has 9 heteroatoms. The van der Waals surface area contributed by atoms with E-state index in [9.17, 15) is 14.4 Å². The number of benzene rings is 2. The van der Waals surface area contributed by atoms with Gasteiger partial charge in [0.25, 0.3) is 5.56 Å². The van der Waals surface area contributed by atoms with E-state index in [4.69, 9.17) is 16.3 Å². The minimum atomic E-state index is -0.890. The van der Waals surface area contributed by atoms with Crippen LogP contribution in [0.2, 0.25) is 5.02 Å². The highest BCUT2D eigenvalue weighted by Crippen LogP contribution is 2.24. The maximum Gasteiger partial charge on any atom is 0.337 e. The zero-order valence-electron chi connectivity index (χ0n) is 18.7. The molecular formula is C25H23ClN4O4. The lowest BCUT2D eigenvalue weighted by molar-refractivity contribution is -0.124. The van der Waals surface area contributed by atoms with Gasteiger partial charge in [0.2, 0.25) is 5.91 Å². The fourth-order valence-electron chi connectivity index (χ4n) is 3.91. The van der Waals surface area contributed by atoms with E-state index in [0.29, 0.717) is 22.9 Å². The molecule has 1 atom stereocenters. The van der Waals surface area contributed by atoms with Gasteiger partial charge in [-0.2, -0.15) is 0 Å². The van der Waals surface area contributed by atoms with Crippen LogP contribution in [0.3, 0.4) is 0 Å². The third-order valence-corrected chi connectivity index (χ3v) is 5.78. The number of halogens is 1. The average Bonchev–Trinajstić information content (AvgIpc) is 2.86. The van der Waals surface area contributed by atoms with E-state index in [2.05, 4.69) is 10.3 Å². The Hall–Kier alpha value is -3.91. The van der Waals surface area contributed by atoms with Gasteiger partial charge in [0.15, 0.2) is 0 Å². The van der Waals surface area contributed by atoms with Crippen LogP contribution in [-0.2, 0) is 11.3 Å². The van der Waals surface area contributed by atoms with Gasteiger partial charge < -0.3 is 10.1 Å². The van der Waals surface area contributed by atoms with Crippen LogP contribution in [0.4, 0.5) is 0 Å². The molecule has 4 aromatic rings. The van der Waals surface area contributed by atoms with Crippen molar-refractivity contribution in [3.8, 4) is 11.4 Å². The maximum absolute atomic E-state index is 13.8. The Balaban J connectivity index is 1.91. The number of hydrogen-bond acceptors (Lipinski definition) is 5. The molecule has 0 aliphatic rings. The number of ether oxygens (including phenoxy) is 1. The fraction of sp³-hybridized carbons (Fsp3) is 0.200. The molecule has 34 heavy (non-hydrogen) atoms. The van der Waals surface area contributed by atoms with Gasteiger partial charge in [-0.05, 0) is 48.9 Å². The van der Waals surface area contributed by atoms with Crippen molar-refractivity contribution in [2.75, 3.05) is 7.11 Å². The van der Waals surface area contributed by atoms with Crippen molar-refractivity contribution in [1.29, 1.82) is 0 Å². The molecule has 2 aromatic carbocycles. The number of fused-ring (bicyclic) bond motifs is 1. The highest BCUT2D eigenvalue weighted by atomic mass is 35.5. The SMILES string of the molecule is CCC(C(=O)NCc1ccccn1)n1c(=O)n(-c2ccccc2OC)c(=O)c2ccc(Cl)cc21. The van der Waals surface area contributed by atoms with Crippen molar-refractivity contribution in [2.24, 2.45) is 0 Å². The van der Waals surface area contributed by atoms with Crippen molar-refractivity contribution >= 4 is 28.4 Å². The van der Waals surface area contributed by atoms with Crippen molar-refractivity contribution in [2.45, 2.75) is 25.9 Å². The first-order valence-electron chi connectivity index (χ1n) is 10.7. The summed E-state index contributed by atoms with van der Waals surface area (Å²) in [5.41, 5.74) is 0.0676. The number of methoxy groups -OCH3 is 1. The highest BCUT2D eigenvalue weighted by Gasteiger charge is 2.26. The molecule has 2 aromatic heterocycles. The van der Waals surface area contributed by atoms with Gasteiger partial charge in [-0.1, -0.05) is 36.7 Å². The molecule has 2 heterocycles. The molecule has 0 radical (unpaired) electrons. The van der Waals surface area contributed by atoms with Crippen molar-refractivity contribution in [1.82, 2.24) is 19.4 Å². The Kier molecular flexibility index (Phi) is 6.79. The number of aromatic nitrogens is 3. The van der Waals surface area contributed by atoms with Crippen LogP contribution in [0, 0.1) is 0 Å². The Morgan fingerprint density at radius 1 is 1.12 bits per heavy atom. The molecular weight excluding hydrogens is 456 g/mol. The minimum Gasteiger partial charge on any atom is -0.495 e. The number of carbonyl (C=O) groups is 1. The summed E-state index contributed by atoms with van der Waals surface area (Å²) < 4.78 is 7.74. The van der Waals surface area contributed by atoms with E-state index >= 15 is 0 Å². The fourth-order valence-corrected chi connectivity index (χ4v) is 4.08. The van der Waals surface area contributed by atoms with Crippen molar-refractivity contribution in [3.05, 3.63) is 98.4 Å². The van der Waals surface area contributed by atoms with E-state index < -0.39 is 17.3 Å². The largest absolute Gasteiger partial charge is 0.495 e. The van der Waals surface area contributed by atoms with Crippen LogP contribution in [0.1, 0.15) is 25.1 Å². The number of rotatable bonds is 7. The molecule has 0 saturated carbocycles. The number of nitrogens with zero attached hydrogens (tertiary/aromatic N) is 3. The molecule has 0 aliphatic carbocycles. The number of hydrogen-bond donors (Lipinski definition) is 1. The number of amides is 1. The maximum atomic E-state index is 13.8. The van der Waals surface area contributed by atoms with Crippen LogP contribution >= 0.6 is 11.6 Å². The van der Waals surface area contributed by atoms with E-state index in [1.54, 1.807) is 61.7 Å². The van der Waals surface area contributed by atoms with Gasteiger partial charge in [0.1, 0.15) is 11.8 Å². The second kappa shape index (κ2) is 9.93. The second-order valence-electron chi connectivity index (χ2n) is 7.59. The minimum absolute atomic E-state index is 0.204. The topological polar surface area (TPSA) is 95.2 Å². The summed E-state index contributed by atoms with van der Waals surface area (Å²) in [5, 5.41) is 3.45. The molecule has 1 amide bonds. The first-order valence-corrected chi connectivity index (χ1v) is 11.1. The highest BCUT2D eigenvalue weighted by molar-refractivity contribution is 6.31. The Bertz CT molecular complexity index is 1460. The monoisotopic (exact) mass is 478 g/mol. The van der Waals surface area contributed by atoms with E-state index in [1.165, 1.54) is 17.7 Å². The third kappa shape index (κ3) is 4.32. The van der Waals surface area contributed by atoms with E-state index in [0.717, 1.165) is 4.57 Å². The van der Waals surface area contributed by atoms with E-state index in [-0.39, 0.29) is 29.0 Å². The number of para-hydroxylation sites is 2. The summed E-state index contributed by atoms with van der Waals surface area (Å²) in [5.74, 6) is -0.0176. The van der Waals surface area contributed by atoms with Crippen molar-refractivity contribution in [3.63, 3.8) is 0 Å². The molecule has 8 nitrogen and oxygen atoms in total. The van der Waals surface area contributed by atoms with Gasteiger partial charge in [-0.15, -0.1) is 0 Å². The van der Waals surface area contributed by atoms with Gasteiger partial charge in [-0.25, -0.2) is 9.36 Å². The van der Waals surface area contributed by atoms with Crippen LogP contribution < -0.4 is 21.3 Å². The Labute approximate surface area is 200 Å². The second-order valence-corrected chi connectivity index (χ2v) is 8.03. The third-order valence-electron chi connectivity index (χ3n) is 5.55. The average molecular weight is 479 g/mol. The molecule has 0 saturated heterocycles. The molecule has 0 fully saturated rings. The van der Waals surface area contributed by atoms with Crippen LogP contribution in [0.5, 0.6) is 5.75 Å². The number of nitrogens with one attached hydrogen (secondary N) is 1. The molecule has 1 N–H and O–H groups in total. The summed E-state index contributed by atoms with van der Waals surface area (Å²) in [6.07, 6.45) is 1.95. The number of pyridine rings is 1. The first kappa shape index (κ1) is 23.3. The molecule has 0 bridgehead atoms. The van der Waals surface area contributed by atoms with Gasteiger partial charge >= 0.3 is 5.69 Å². The molecule has 1 unspecified atom stereocenters. The predicted molar refractivity (Wildman–Crippen MR) is 131 cm³/mol. The Morgan fingerprint density at radius 3 is 2.59 bits per heavy atom. The molecule has 174 valence electrons. The molecule has 0 aliphatic heterocycles. The standard InChI is InChI=1S/C25H23ClN4O4/c1-3-19(23(31)28-15-17-8-6-7-13-27-17)29-21-14-16(26)11-12-18(21)24(32)30(25(29)33)20-9-4-5-10-22(20)34-2/h4-14,19H,3,15H2,1-2H3,(H,28,31). The normalized spacial score (nSPS) is 11.9. The van der Waals surface area contributed by atoms with E-state index in [1.807, 2.05) is 6.07 Å². The lowest BCUT2D eigenvalue weighted by Crippen LogP contribution is -2.44. The van der Waals surface area contributed by atoms with Gasteiger partial charge in [0.05, 0.1) is 35.9 Å². The summed E-state index contributed by atoms with van der Waals surface area (Å²) in [7, 11) is 1.46. The summed E-state index contributed by atoms with van der Waals surface area (Å²) in [6, 6.07) is 15.9. The smallest absolute Gasteiger partial charge is 0.337 e. The summed E-state index contributed by atoms with van der Waals surface area (Å²) >= 11 is 6.22. The lowest BCUT2D eigenvalue weighted by Gasteiger charge is -2.22. The Morgan fingerprint density at radius 2 is 1.88 bits per heavy atom. The predicted octanol–water partition coefficient (Wildman–Crippen LogP) is 3.48. The van der Waals surface area contributed by atoms with Crippen LogP contribution in [0.15, 0.2) is 76.4 Å². The van der Waals surface area contributed by atoms with Crippen molar-refractivity contribution < 1.29 is 9.53 Å². The van der Waals surface area contributed by atoms with Crippen LogP contribution in [0.25, 0.3) is 16.6 Å². The zero-order valence-corrected chi connectivity index (χ0v) is 19.5. The quantitative estimate of drug-likeness (QED) is 0.439. The first-order chi connectivity index (χ1) is 16.5. The van der Waals surface area contributed by atoms with Gasteiger partial charge in [-0.3, -0.25) is 19.1 Å². The van der Waals surface area contributed by atoms with Gasteiger partial charge in [0, 0.05) is 11.2 Å². The van der Waals surface area contributed by atoms with Crippen LogP contribution in [-0.4, -0.2) is 27.1 Å². The summed E-state index contributed by atoms with van der Waals surface area (Å²) in [4.78, 5) is 44.7. The zero-order chi connectivity index (χ0) is 24.2. The lowest BCUT2D eigenvalue weighted by atomic mass is 10.1. The molecule has 0 spiro atoms. The molecule has 4 rings (SSSR count).